The van der Waals surface area contributed by atoms with Crippen LogP contribution in [0.2, 0.25) is 0 Å². The Labute approximate surface area is 142 Å². The molecular weight excluding hydrogens is 312 g/mol. The van der Waals surface area contributed by atoms with Crippen molar-refractivity contribution in [1.29, 1.82) is 0 Å². The highest BCUT2D eigenvalue weighted by molar-refractivity contribution is 6.09. The van der Waals surface area contributed by atoms with Crippen molar-refractivity contribution < 1.29 is 19.1 Å². The zero-order chi connectivity index (χ0) is 17.7. The van der Waals surface area contributed by atoms with Gasteiger partial charge in [-0.05, 0) is 18.8 Å². The maximum Gasteiger partial charge on any atom is 0.325 e. The highest BCUT2D eigenvalue weighted by Crippen LogP contribution is 2.29. The third-order valence-corrected chi connectivity index (χ3v) is 4.51. The highest BCUT2D eigenvalue weighted by atomic mass is 16.5. The van der Waals surface area contributed by atoms with Crippen molar-refractivity contribution in [2.24, 2.45) is 5.92 Å². The van der Waals surface area contributed by atoms with Crippen LogP contribution in [0.15, 0.2) is 0 Å². The quantitative estimate of drug-likeness (QED) is 0.494. The van der Waals surface area contributed by atoms with E-state index in [1.807, 2.05) is 0 Å². The van der Waals surface area contributed by atoms with Crippen molar-refractivity contribution in [1.82, 2.24) is 20.4 Å². The van der Waals surface area contributed by atoms with Crippen LogP contribution in [0.5, 0.6) is 0 Å². The first-order valence-corrected chi connectivity index (χ1v) is 8.50. The topological polar surface area (TPSA) is 91.0 Å². The molecule has 2 rings (SSSR count). The van der Waals surface area contributed by atoms with Crippen molar-refractivity contribution in [3.8, 4) is 0 Å². The number of imide groups is 1. The van der Waals surface area contributed by atoms with Crippen molar-refractivity contribution in [2.75, 3.05) is 46.4 Å². The third-order valence-electron chi connectivity index (χ3n) is 4.51. The lowest BCUT2D eigenvalue weighted by Crippen LogP contribution is -2.55. The number of methoxy groups -OCH3 is 1. The van der Waals surface area contributed by atoms with Crippen LogP contribution >= 0.6 is 0 Å². The third kappa shape index (κ3) is 4.24. The number of ether oxygens (including phenoxy) is 1. The van der Waals surface area contributed by atoms with Crippen LogP contribution in [0.4, 0.5) is 4.79 Å². The van der Waals surface area contributed by atoms with E-state index in [2.05, 4.69) is 29.4 Å². The summed E-state index contributed by atoms with van der Waals surface area (Å²) >= 11 is 0. The lowest BCUT2D eigenvalue weighted by Gasteiger charge is -2.37. The molecule has 0 saturated carbocycles. The minimum Gasteiger partial charge on any atom is -0.383 e. The minimum absolute atomic E-state index is 0.244. The maximum atomic E-state index is 12.7. The summed E-state index contributed by atoms with van der Waals surface area (Å²) in [7, 11) is 1.54. The predicted octanol–water partition coefficient (Wildman–Crippen LogP) is -0.209. The Balaban J connectivity index is 1.90. The van der Waals surface area contributed by atoms with Crippen LogP contribution in [0.1, 0.15) is 26.7 Å². The number of rotatable bonds is 7. The van der Waals surface area contributed by atoms with E-state index >= 15 is 0 Å². The minimum atomic E-state index is -0.836. The molecule has 0 aromatic rings. The number of carbonyl (C=O) groups excluding carboxylic acids is 3. The average Bonchev–Trinajstić information content (AvgIpc) is 2.74. The summed E-state index contributed by atoms with van der Waals surface area (Å²) in [6.07, 6.45) is 1.18. The van der Waals surface area contributed by atoms with Gasteiger partial charge in [0.05, 0.1) is 6.61 Å². The van der Waals surface area contributed by atoms with Crippen LogP contribution in [0.25, 0.3) is 0 Å². The van der Waals surface area contributed by atoms with Gasteiger partial charge in [-0.1, -0.05) is 13.8 Å². The first-order valence-electron chi connectivity index (χ1n) is 8.50. The Morgan fingerprint density at radius 3 is 2.58 bits per heavy atom. The van der Waals surface area contributed by atoms with Crippen LogP contribution in [-0.4, -0.2) is 79.6 Å². The van der Waals surface area contributed by atoms with Crippen molar-refractivity contribution >= 4 is 17.8 Å². The van der Waals surface area contributed by atoms with E-state index in [-0.39, 0.29) is 18.4 Å². The molecule has 136 valence electrons. The Morgan fingerprint density at radius 2 is 2.00 bits per heavy atom. The fourth-order valence-corrected chi connectivity index (χ4v) is 3.28. The molecule has 8 heteroatoms. The molecule has 8 nitrogen and oxygen atoms in total. The summed E-state index contributed by atoms with van der Waals surface area (Å²) < 4.78 is 4.85. The molecule has 0 radical (unpaired) electrons. The number of likely N-dealkylation sites (tertiary alicyclic amines) is 1. The molecule has 0 aliphatic carbocycles. The van der Waals surface area contributed by atoms with Gasteiger partial charge >= 0.3 is 6.03 Å². The number of nitrogens with zero attached hydrogens (tertiary/aromatic N) is 2. The summed E-state index contributed by atoms with van der Waals surface area (Å²) in [4.78, 5) is 40.1. The Kier molecular flexibility index (Phi) is 6.17. The summed E-state index contributed by atoms with van der Waals surface area (Å²) in [5, 5.41) is 5.45. The number of hydrogen-bond donors (Lipinski definition) is 2. The summed E-state index contributed by atoms with van der Waals surface area (Å²) in [5.41, 5.74) is -0.836. The van der Waals surface area contributed by atoms with Gasteiger partial charge in [-0.2, -0.15) is 0 Å². The summed E-state index contributed by atoms with van der Waals surface area (Å²) in [5.74, 6) is -0.0661. The monoisotopic (exact) mass is 340 g/mol. The second-order valence-corrected chi connectivity index (χ2v) is 6.94. The van der Waals surface area contributed by atoms with Crippen LogP contribution in [0.3, 0.4) is 0 Å². The van der Waals surface area contributed by atoms with E-state index in [4.69, 9.17) is 4.74 Å². The molecule has 2 N–H and O–H groups in total. The van der Waals surface area contributed by atoms with Gasteiger partial charge in [0.2, 0.25) is 5.91 Å². The molecule has 2 saturated heterocycles. The Hall–Kier alpha value is -1.67. The first-order chi connectivity index (χ1) is 11.4. The molecular formula is C16H28N4O4. The van der Waals surface area contributed by atoms with Gasteiger partial charge in [0.1, 0.15) is 12.1 Å². The second-order valence-electron chi connectivity index (χ2n) is 6.94. The Morgan fingerprint density at radius 1 is 1.33 bits per heavy atom. The smallest absolute Gasteiger partial charge is 0.325 e. The number of piperidine rings is 1. The lowest BCUT2D eigenvalue weighted by molar-refractivity contribution is -0.136. The van der Waals surface area contributed by atoms with E-state index in [1.54, 1.807) is 7.11 Å². The van der Waals surface area contributed by atoms with E-state index in [1.165, 1.54) is 0 Å². The van der Waals surface area contributed by atoms with Gasteiger partial charge in [0.15, 0.2) is 0 Å². The van der Waals surface area contributed by atoms with Gasteiger partial charge in [-0.25, -0.2) is 4.79 Å². The molecule has 2 fully saturated rings. The van der Waals surface area contributed by atoms with Crippen LogP contribution in [0, 0.1) is 5.92 Å². The van der Waals surface area contributed by atoms with E-state index in [0.717, 1.165) is 24.5 Å². The maximum absolute atomic E-state index is 12.7. The zero-order valence-corrected chi connectivity index (χ0v) is 14.8. The molecule has 24 heavy (non-hydrogen) atoms. The first kappa shape index (κ1) is 18.7. The summed E-state index contributed by atoms with van der Waals surface area (Å²) in [6.45, 7) is 7.37. The molecule has 0 aromatic heterocycles. The largest absolute Gasteiger partial charge is 0.383 e. The average molecular weight is 340 g/mol. The molecule has 0 unspecified atom stereocenters. The summed E-state index contributed by atoms with van der Waals surface area (Å²) in [6, 6.07) is -0.473. The fourth-order valence-electron chi connectivity index (χ4n) is 3.28. The molecule has 4 amide bonds. The van der Waals surface area contributed by atoms with Crippen LogP contribution < -0.4 is 10.6 Å². The predicted molar refractivity (Wildman–Crippen MR) is 88.4 cm³/mol. The van der Waals surface area contributed by atoms with Crippen molar-refractivity contribution in [2.45, 2.75) is 32.2 Å². The number of hydrogen-bond acceptors (Lipinski definition) is 5. The van der Waals surface area contributed by atoms with Gasteiger partial charge in [0.25, 0.3) is 5.91 Å². The standard InChI is InChI=1S/C16H28N4O4/c1-12(2)10-19-7-4-16(5-8-19)14(22)20(15(23)18-16)11-13(21)17-6-9-24-3/h12H,4-11H2,1-3H3,(H,17,21)(H,18,23). The number of amides is 4. The molecule has 2 heterocycles. The van der Waals surface area contributed by atoms with Crippen molar-refractivity contribution in [3.05, 3.63) is 0 Å². The van der Waals surface area contributed by atoms with Gasteiger partial charge < -0.3 is 20.3 Å². The SMILES string of the molecule is COCCNC(=O)CN1C(=O)NC2(CCN(CC(C)C)CC2)C1=O. The van der Waals surface area contributed by atoms with E-state index in [9.17, 15) is 14.4 Å². The molecule has 0 atom stereocenters. The normalized spacial score (nSPS) is 20.8. The zero-order valence-electron chi connectivity index (χ0n) is 14.8. The molecule has 0 bridgehead atoms. The molecule has 2 aliphatic rings. The number of nitrogens with one attached hydrogen (secondary N) is 2. The highest BCUT2D eigenvalue weighted by Gasteiger charge is 2.52. The fraction of sp³-hybridized carbons (Fsp3) is 0.812. The van der Waals surface area contributed by atoms with E-state index in [0.29, 0.717) is 31.9 Å². The number of carbonyl (C=O) groups is 3. The van der Waals surface area contributed by atoms with Gasteiger partial charge in [-0.15, -0.1) is 0 Å². The number of urea groups is 1. The van der Waals surface area contributed by atoms with Gasteiger partial charge in [0, 0.05) is 33.3 Å². The Bertz CT molecular complexity index is 486. The molecule has 1 spiro atoms. The molecule has 0 aromatic carbocycles. The van der Waals surface area contributed by atoms with Crippen molar-refractivity contribution in [3.63, 3.8) is 0 Å². The molecule has 2 aliphatic heterocycles. The van der Waals surface area contributed by atoms with E-state index < -0.39 is 11.6 Å². The lowest BCUT2D eigenvalue weighted by atomic mass is 9.87. The second kappa shape index (κ2) is 7.94. The van der Waals surface area contributed by atoms with Crippen LogP contribution in [-0.2, 0) is 14.3 Å². The van der Waals surface area contributed by atoms with Gasteiger partial charge in [-0.3, -0.25) is 14.5 Å².